The van der Waals surface area contributed by atoms with Crippen LogP contribution in [-0.4, -0.2) is 19.6 Å². The minimum Gasteiger partial charge on any atom is -0.495 e. The second-order valence-corrected chi connectivity index (χ2v) is 3.97. The van der Waals surface area contributed by atoms with E-state index in [-0.39, 0.29) is 12.5 Å². The third-order valence-electron chi connectivity index (χ3n) is 2.60. The van der Waals surface area contributed by atoms with Gasteiger partial charge in [0.05, 0.1) is 19.3 Å². The van der Waals surface area contributed by atoms with Gasteiger partial charge in [-0.2, -0.15) is 0 Å². The Morgan fingerprint density at radius 2 is 1.74 bits per heavy atom. The standard InChI is InChI=1S/C15H16N2O2/c1-19-14-10-6-5-9-13(14)16-11-15(18)17-12-7-3-2-4-8-12/h2-10,16H,11H2,1H3,(H,17,18). The van der Waals surface area contributed by atoms with Crippen molar-refractivity contribution >= 4 is 17.3 Å². The summed E-state index contributed by atoms with van der Waals surface area (Å²) in [6.45, 7) is 0.190. The summed E-state index contributed by atoms with van der Waals surface area (Å²) in [5, 5.41) is 5.85. The molecular formula is C15H16N2O2. The summed E-state index contributed by atoms with van der Waals surface area (Å²) in [7, 11) is 1.60. The number of benzene rings is 2. The molecule has 0 spiro atoms. The fourth-order valence-corrected chi connectivity index (χ4v) is 1.69. The minimum atomic E-state index is -0.0999. The van der Waals surface area contributed by atoms with Crippen LogP contribution in [0.2, 0.25) is 0 Å². The maximum Gasteiger partial charge on any atom is 0.243 e. The molecule has 0 aromatic heterocycles. The van der Waals surface area contributed by atoms with Crippen LogP contribution in [0.5, 0.6) is 5.75 Å². The molecule has 4 nitrogen and oxygen atoms in total. The first-order valence-electron chi connectivity index (χ1n) is 6.01. The van der Waals surface area contributed by atoms with E-state index in [1.807, 2.05) is 54.6 Å². The van der Waals surface area contributed by atoms with Crippen molar-refractivity contribution in [2.75, 3.05) is 24.3 Å². The first kappa shape index (κ1) is 13.0. The Balaban J connectivity index is 1.90. The number of methoxy groups -OCH3 is 1. The fraction of sp³-hybridized carbons (Fsp3) is 0.133. The molecule has 0 atom stereocenters. The topological polar surface area (TPSA) is 50.4 Å². The van der Waals surface area contributed by atoms with Gasteiger partial charge < -0.3 is 15.4 Å². The van der Waals surface area contributed by atoms with E-state index in [1.165, 1.54) is 0 Å². The molecule has 2 rings (SSSR count). The number of hydrogen-bond acceptors (Lipinski definition) is 3. The zero-order chi connectivity index (χ0) is 13.5. The maximum atomic E-state index is 11.8. The number of nitrogens with one attached hydrogen (secondary N) is 2. The normalized spacial score (nSPS) is 9.74. The number of carbonyl (C=O) groups is 1. The summed E-state index contributed by atoms with van der Waals surface area (Å²) in [5.41, 5.74) is 1.59. The van der Waals surface area contributed by atoms with Gasteiger partial charge in [0.25, 0.3) is 0 Å². The molecule has 0 aliphatic rings. The summed E-state index contributed by atoms with van der Waals surface area (Å²) in [4.78, 5) is 11.8. The molecule has 0 aliphatic carbocycles. The van der Waals surface area contributed by atoms with Gasteiger partial charge in [0, 0.05) is 5.69 Å². The van der Waals surface area contributed by atoms with Gasteiger partial charge in [-0.1, -0.05) is 30.3 Å². The van der Waals surface area contributed by atoms with E-state index in [0.717, 1.165) is 17.1 Å². The van der Waals surface area contributed by atoms with Gasteiger partial charge in [0.15, 0.2) is 0 Å². The van der Waals surface area contributed by atoms with Gasteiger partial charge >= 0.3 is 0 Å². The van der Waals surface area contributed by atoms with Crippen LogP contribution >= 0.6 is 0 Å². The van der Waals surface area contributed by atoms with Gasteiger partial charge in [0.1, 0.15) is 5.75 Å². The second-order valence-electron chi connectivity index (χ2n) is 3.97. The Morgan fingerprint density at radius 3 is 2.47 bits per heavy atom. The SMILES string of the molecule is COc1ccccc1NCC(=O)Nc1ccccc1. The Morgan fingerprint density at radius 1 is 1.05 bits per heavy atom. The highest BCUT2D eigenvalue weighted by atomic mass is 16.5. The number of rotatable bonds is 5. The van der Waals surface area contributed by atoms with Gasteiger partial charge in [-0.15, -0.1) is 0 Å². The second kappa shape index (κ2) is 6.44. The molecule has 0 unspecified atom stereocenters. The highest BCUT2D eigenvalue weighted by Crippen LogP contribution is 2.22. The zero-order valence-electron chi connectivity index (χ0n) is 10.7. The molecule has 0 aliphatic heterocycles. The quantitative estimate of drug-likeness (QED) is 0.864. The zero-order valence-corrected chi connectivity index (χ0v) is 10.7. The number of hydrogen-bond donors (Lipinski definition) is 2. The molecule has 2 aromatic carbocycles. The van der Waals surface area contributed by atoms with Gasteiger partial charge in [-0.25, -0.2) is 0 Å². The Hall–Kier alpha value is -2.49. The van der Waals surface area contributed by atoms with Crippen LogP contribution in [0.1, 0.15) is 0 Å². The van der Waals surface area contributed by atoms with E-state index in [1.54, 1.807) is 7.11 Å². The van der Waals surface area contributed by atoms with Crippen molar-refractivity contribution in [3.8, 4) is 5.75 Å². The smallest absolute Gasteiger partial charge is 0.243 e. The lowest BCUT2D eigenvalue weighted by Crippen LogP contribution is -2.21. The lowest BCUT2D eigenvalue weighted by Gasteiger charge is -2.11. The van der Waals surface area contributed by atoms with Crippen LogP contribution < -0.4 is 15.4 Å². The average molecular weight is 256 g/mol. The van der Waals surface area contributed by atoms with Crippen LogP contribution in [0.3, 0.4) is 0 Å². The van der Waals surface area contributed by atoms with Crippen molar-refractivity contribution in [2.24, 2.45) is 0 Å². The number of carbonyl (C=O) groups excluding carboxylic acids is 1. The molecule has 0 fully saturated rings. The molecule has 4 heteroatoms. The van der Waals surface area contributed by atoms with Crippen molar-refractivity contribution in [2.45, 2.75) is 0 Å². The molecule has 0 radical (unpaired) electrons. The summed E-state index contributed by atoms with van der Waals surface area (Å²) >= 11 is 0. The molecule has 2 aromatic rings. The van der Waals surface area contributed by atoms with Crippen LogP contribution in [-0.2, 0) is 4.79 Å². The number of para-hydroxylation sites is 3. The Bertz CT molecular complexity index is 541. The van der Waals surface area contributed by atoms with E-state index >= 15 is 0 Å². The van der Waals surface area contributed by atoms with Crippen molar-refractivity contribution < 1.29 is 9.53 Å². The summed E-state index contributed by atoms with van der Waals surface area (Å²) in [6, 6.07) is 16.8. The van der Waals surface area contributed by atoms with Crippen molar-refractivity contribution in [1.29, 1.82) is 0 Å². The van der Waals surface area contributed by atoms with Gasteiger partial charge in [-0.05, 0) is 24.3 Å². The average Bonchev–Trinajstić information content (AvgIpc) is 2.46. The predicted molar refractivity (Wildman–Crippen MR) is 76.6 cm³/mol. The lowest BCUT2D eigenvalue weighted by atomic mass is 10.3. The fourth-order valence-electron chi connectivity index (χ4n) is 1.69. The first-order valence-corrected chi connectivity index (χ1v) is 6.01. The molecule has 98 valence electrons. The van der Waals surface area contributed by atoms with Crippen molar-refractivity contribution in [3.05, 3.63) is 54.6 Å². The largest absolute Gasteiger partial charge is 0.495 e. The van der Waals surface area contributed by atoms with Crippen LogP contribution in [0.25, 0.3) is 0 Å². The lowest BCUT2D eigenvalue weighted by molar-refractivity contribution is -0.114. The summed E-state index contributed by atoms with van der Waals surface area (Å²) < 4.78 is 5.20. The number of ether oxygens (including phenoxy) is 1. The predicted octanol–water partition coefficient (Wildman–Crippen LogP) is 2.75. The van der Waals surface area contributed by atoms with Crippen LogP contribution in [0.4, 0.5) is 11.4 Å². The monoisotopic (exact) mass is 256 g/mol. The summed E-state index contributed by atoms with van der Waals surface area (Å²) in [5.74, 6) is 0.618. The van der Waals surface area contributed by atoms with E-state index < -0.39 is 0 Å². The Kier molecular flexibility index (Phi) is 4.39. The molecule has 1 amide bonds. The third kappa shape index (κ3) is 3.74. The highest BCUT2D eigenvalue weighted by molar-refractivity contribution is 5.93. The van der Waals surface area contributed by atoms with Crippen molar-refractivity contribution in [3.63, 3.8) is 0 Å². The van der Waals surface area contributed by atoms with E-state index in [4.69, 9.17) is 4.74 Å². The maximum absolute atomic E-state index is 11.8. The molecule has 0 heterocycles. The third-order valence-corrected chi connectivity index (χ3v) is 2.60. The molecule has 0 saturated carbocycles. The van der Waals surface area contributed by atoms with Gasteiger partial charge in [-0.3, -0.25) is 4.79 Å². The number of anilines is 2. The van der Waals surface area contributed by atoms with Crippen molar-refractivity contribution in [1.82, 2.24) is 0 Å². The van der Waals surface area contributed by atoms with Crippen LogP contribution in [0, 0.1) is 0 Å². The molecule has 2 N–H and O–H groups in total. The van der Waals surface area contributed by atoms with E-state index in [9.17, 15) is 4.79 Å². The molecular weight excluding hydrogens is 240 g/mol. The molecule has 0 saturated heterocycles. The molecule has 19 heavy (non-hydrogen) atoms. The van der Waals surface area contributed by atoms with Gasteiger partial charge in [0.2, 0.25) is 5.91 Å². The Labute approximate surface area is 112 Å². The number of amides is 1. The first-order chi connectivity index (χ1) is 9.29. The highest BCUT2D eigenvalue weighted by Gasteiger charge is 2.04. The molecule has 0 bridgehead atoms. The van der Waals surface area contributed by atoms with E-state index in [2.05, 4.69) is 10.6 Å². The van der Waals surface area contributed by atoms with Crippen LogP contribution in [0.15, 0.2) is 54.6 Å². The minimum absolute atomic E-state index is 0.0999. The van der Waals surface area contributed by atoms with E-state index in [0.29, 0.717) is 0 Å². The summed E-state index contributed by atoms with van der Waals surface area (Å²) in [6.07, 6.45) is 0.